The van der Waals surface area contributed by atoms with Gasteiger partial charge in [-0.3, -0.25) is 4.99 Å². The van der Waals surface area contributed by atoms with Gasteiger partial charge >= 0.3 is 0 Å². The van der Waals surface area contributed by atoms with Crippen LogP contribution in [0.3, 0.4) is 0 Å². The Morgan fingerprint density at radius 1 is 1.40 bits per heavy atom. The Bertz CT molecular complexity index is 154. The lowest BCUT2D eigenvalue weighted by Crippen LogP contribution is -1.77. The molecule has 0 fully saturated rings. The first kappa shape index (κ1) is 9.15. The van der Waals surface area contributed by atoms with Crippen LogP contribution in [0.15, 0.2) is 28.9 Å². The average molecular weight is 137 g/mol. The van der Waals surface area contributed by atoms with Crippen LogP contribution in [-0.4, -0.2) is 6.72 Å². The lowest BCUT2D eigenvalue weighted by molar-refractivity contribution is 1.05. The van der Waals surface area contributed by atoms with E-state index < -0.39 is 0 Å². The molecule has 0 aromatic rings. The van der Waals surface area contributed by atoms with Crippen LogP contribution in [0.25, 0.3) is 0 Å². The Hall–Kier alpha value is -0.850. The smallest absolute Gasteiger partial charge is 0.0396 e. The van der Waals surface area contributed by atoms with E-state index in [1.165, 1.54) is 0 Å². The minimum Gasteiger partial charge on any atom is -0.269 e. The van der Waals surface area contributed by atoms with Crippen LogP contribution in [0.4, 0.5) is 0 Å². The van der Waals surface area contributed by atoms with E-state index in [1.807, 2.05) is 6.08 Å². The summed E-state index contributed by atoms with van der Waals surface area (Å²) >= 11 is 0. The Morgan fingerprint density at radius 2 is 2.00 bits per heavy atom. The van der Waals surface area contributed by atoms with Crippen molar-refractivity contribution < 1.29 is 0 Å². The monoisotopic (exact) mass is 137 g/mol. The minimum atomic E-state index is 0.933. The molecule has 0 aromatic heterocycles. The van der Waals surface area contributed by atoms with Crippen molar-refractivity contribution >= 4 is 6.72 Å². The predicted molar refractivity (Wildman–Crippen MR) is 47.4 cm³/mol. The zero-order valence-electron chi connectivity index (χ0n) is 6.85. The van der Waals surface area contributed by atoms with Crippen molar-refractivity contribution in [3.63, 3.8) is 0 Å². The quantitative estimate of drug-likeness (QED) is 0.417. The highest BCUT2D eigenvalue weighted by Crippen LogP contribution is 2.07. The van der Waals surface area contributed by atoms with Gasteiger partial charge in [0.2, 0.25) is 0 Å². The standard InChI is InChI=1S/C9H15N/c1-5-8(3)7-9(6-2)10-4/h7H,3-6H2,1-2H3/b9-7-. The molecule has 1 nitrogen and oxygen atoms in total. The number of allylic oxidation sites excluding steroid dienone is 3. The van der Waals surface area contributed by atoms with Crippen LogP contribution in [0.2, 0.25) is 0 Å². The molecule has 1 heteroatoms. The first-order valence-corrected chi connectivity index (χ1v) is 3.59. The summed E-state index contributed by atoms with van der Waals surface area (Å²) in [4.78, 5) is 3.84. The molecule has 0 radical (unpaired) electrons. The molecule has 0 aliphatic heterocycles. The van der Waals surface area contributed by atoms with Crippen LogP contribution in [0.1, 0.15) is 26.7 Å². The van der Waals surface area contributed by atoms with Gasteiger partial charge in [0.05, 0.1) is 0 Å². The molecule has 0 amide bonds. The molecule has 0 atom stereocenters. The third-order valence-corrected chi connectivity index (χ3v) is 1.39. The van der Waals surface area contributed by atoms with Crippen molar-refractivity contribution in [2.75, 3.05) is 0 Å². The lowest BCUT2D eigenvalue weighted by Gasteiger charge is -1.96. The maximum Gasteiger partial charge on any atom is 0.0396 e. The molecule has 0 unspecified atom stereocenters. The predicted octanol–water partition coefficient (Wildman–Crippen LogP) is 2.95. The molecule has 0 heterocycles. The van der Waals surface area contributed by atoms with E-state index in [1.54, 1.807) is 0 Å². The largest absolute Gasteiger partial charge is 0.269 e. The van der Waals surface area contributed by atoms with Crippen molar-refractivity contribution in [3.05, 3.63) is 23.9 Å². The molecule has 0 aliphatic rings. The summed E-state index contributed by atoms with van der Waals surface area (Å²) in [6.45, 7) is 11.4. The minimum absolute atomic E-state index is 0.933. The Balaban J connectivity index is 4.09. The van der Waals surface area contributed by atoms with E-state index in [2.05, 4.69) is 32.1 Å². The summed E-state index contributed by atoms with van der Waals surface area (Å²) in [5, 5.41) is 0. The van der Waals surface area contributed by atoms with Gasteiger partial charge in [-0.1, -0.05) is 26.0 Å². The molecule has 0 bridgehead atoms. The number of rotatable bonds is 4. The molecular weight excluding hydrogens is 122 g/mol. The summed E-state index contributed by atoms with van der Waals surface area (Å²) in [6, 6.07) is 0. The highest BCUT2D eigenvalue weighted by atomic mass is 14.7. The molecule has 10 heavy (non-hydrogen) atoms. The second-order valence-electron chi connectivity index (χ2n) is 2.16. The second-order valence-corrected chi connectivity index (χ2v) is 2.16. The fourth-order valence-corrected chi connectivity index (χ4v) is 0.597. The van der Waals surface area contributed by atoms with Crippen LogP contribution in [0, 0.1) is 0 Å². The molecule has 0 N–H and O–H groups in total. The Morgan fingerprint density at radius 3 is 2.30 bits per heavy atom. The third kappa shape index (κ3) is 3.23. The summed E-state index contributed by atoms with van der Waals surface area (Å²) in [6.07, 6.45) is 3.91. The highest BCUT2D eigenvalue weighted by Gasteiger charge is 1.88. The van der Waals surface area contributed by atoms with Crippen molar-refractivity contribution in [3.8, 4) is 0 Å². The molecule has 0 rings (SSSR count). The first-order valence-electron chi connectivity index (χ1n) is 3.59. The first-order chi connectivity index (χ1) is 4.74. The summed E-state index contributed by atoms with van der Waals surface area (Å²) in [7, 11) is 0. The maximum absolute atomic E-state index is 3.84. The topological polar surface area (TPSA) is 12.4 Å². The number of hydrogen-bond donors (Lipinski definition) is 0. The zero-order valence-corrected chi connectivity index (χ0v) is 6.85. The van der Waals surface area contributed by atoms with Gasteiger partial charge in [0.1, 0.15) is 0 Å². The van der Waals surface area contributed by atoms with Crippen LogP contribution < -0.4 is 0 Å². The number of nitrogens with zero attached hydrogens (tertiary/aromatic N) is 1. The SMILES string of the molecule is C=N/C(=C\C(=C)CC)CC. The third-order valence-electron chi connectivity index (χ3n) is 1.39. The Kier molecular flexibility index (Phi) is 4.55. The second kappa shape index (κ2) is 4.98. The summed E-state index contributed by atoms with van der Waals surface area (Å²) in [5.74, 6) is 0. The molecular formula is C9H15N. The summed E-state index contributed by atoms with van der Waals surface area (Å²) in [5.41, 5.74) is 2.14. The van der Waals surface area contributed by atoms with Crippen molar-refractivity contribution in [1.29, 1.82) is 0 Å². The van der Waals surface area contributed by atoms with E-state index in [0.717, 1.165) is 24.1 Å². The average Bonchev–Trinajstić information content (AvgIpc) is 1.99. The molecule has 0 saturated carbocycles. The van der Waals surface area contributed by atoms with E-state index in [-0.39, 0.29) is 0 Å². The van der Waals surface area contributed by atoms with Crippen LogP contribution in [0.5, 0.6) is 0 Å². The normalized spacial score (nSPS) is 11.2. The summed E-state index contributed by atoms with van der Waals surface area (Å²) < 4.78 is 0. The van der Waals surface area contributed by atoms with Crippen LogP contribution >= 0.6 is 0 Å². The zero-order chi connectivity index (χ0) is 7.98. The number of hydrogen-bond acceptors (Lipinski definition) is 1. The van der Waals surface area contributed by atoms with Gasteiger partial charge in [-0.15, -0.1) is 0 Å². The maximum atomic E-state index is 3.84. The van der Waals surface area contributed by atoms with Gasteiger partial charge in [-0.25, -0.2) is 0 Å². The van der Waals surface area contributed by atoms with Crippen molar-refractivity contribution in [2.45, 2.75) is 26.7 Å². The van der Waals surface area contributed by atoms with Gasteiger partial charge < -0.3 is 0 Å². The van der Waals surface area contributed by atoms with Crippen molar-refractivity contribution in [2.24, 2.45) is 4.99 Å². The fourth-order valence-electron chi connectivity index (χ4n) is 0.597. The molecule has 0 aliphatic carbocycles. The molecule has 0 saturated heterocycles. The van der Waals surface area contributed by atoms with Gasteiger partial charge in [-0.05, 0) is 25.6 Å². The van der Waals surface area contributed by atoms with Gasteiger partial charge in [-0.2, -0.15) is 0 Å². The lowest BCUT2D eigenvalue weighted by atomic mass is 10.2. The fraction of sp³-hybridized carbons (Fsp3) is 0.444. The van der Waals surface area contributed by atoms with Crippen molar-refractivity contribution in [1.82, 2.24) is 0 Å². The van der Waals surface area contributed by atoms with E-state index in [0.29, 0.717) is 0 Å². The van der Waals surface area contributed by atoms with E-state index in [4.69, 9.17) is 0 Å². The number of aliphatic imine (C=N–C) groups is 1. The van der Waals surface area contributed by atoms with Gasteiger partial charge in [0, 0.05) is 5.70 Å². The molecule has 0 spiro atoms. The van der Waals surface area contributed by atoms with Crippen LogP contribution in [-0.2, 0) is 0 Å². The van der Waals surface area contributed by atoms with E-state index >= 15 is 0 Å². The molecule has 0 aromatic carbocycles. The van der Waals surface area contributed by atoms with E-state index in [9.17, 15) is 0 Å². The highest BCUT2D eigenvalue weighted by molar-refractivity contribution is 5.31. The Labute approximate surface area is 63.2 Å². The molecule has 56 valence electrons. The van der Waals surface area contributed by atoms with Gasteiger partial charge in [0.25, 0.3) is 0 Å². The van der Waals surface area contributed by atoms with Gasteiger partial charge in [0.15, 0.2) is 0 Å².